The van der Waals surface area contributed by atoms with Crippen molar-refractivity contribution < 1.29 is 4.74 Å². The minimum absolute atomic E-state index is 0. The zero-order chi connectivity index (χ0) is 15.7. The Bertz CT molecular complexity index is 576. The second kappa shape index (κ2) is 7.56. The van der Waals surface area contributed by atoms with Crippen molar-refractivity contribution in [1.82, 2.24) is 15.6 Å². The average molecular weight is 442 g/mol. The van der Waals surface area contributed by atoms with E-state index in [4.69, 9.17) is 9.73 Å². The molecule has 1 aromatic heterocycles. The van der Waals surface area contributed by atoms with Gasteiger partial charge in [0.25, 0.3) is 0 Å². The molecule has 2 heterocycles. The standard InChI is InChI=1S/C18H26N4O.HI/c1-2-19-17(21-12-13-6-3-4-10-20-13)22-15-14-7-11-23-16(14)18(15)8-5-9-18;/h3-4,6,10,14-16H,2,5,7-9,11-12H2,1H3,(H2,19,21,22);1H. The Kier molecular flexibility index (Phi) is 5.64. The monoisotopic (exact) mass is 442 g/mol. The molecule has 1 saturated heterocycles. The van der Waals surface area contributed by atoms with Crippen LogP contribution >= 0.6 is 24.0 Å². The predicted octanol–water partition coefficient (Wildman–Crippen LogP) is 2.71. The lowest BCUT2D eigenvalue weighted by atomic mass is 9.46. The number of aromatic nitrogens is 1. The molecule has 1 spiro atoms. The van der Waals surface area contributed by atoms with Crippen molar-refractivity contribution >= 4 is 29.9 Å². The van der Waals surface area contributed by atoms with Crippen molar-refractivity contribution in [3.8, 4) is 0 Å². The van der Waals surface area contributed by atoms with Crippen molar-refractivity contribution in [2.24, 2.45) is 16.3 Å². The number of aliphatic imine (C=N–C) groups is 1. The molecule has 5 nitrogen and oxygen atoms in total. The summed E-state index contributed by atoms with van der Waals surface area (Å²) in [4.78, 5) is 9.09. The van der Waals surface area contributed by atoms with Gasteiger partial charge in [0.2, 0.25) is 0 Å². The van der Waals surface area contributed by atoms with E-state index in [2.05, 4.69) is 22.5 Å². The van der Waals surface area contributed by atoms with Gasteiger partial charge in [-0.25, -0.2) is 4.99 Å². The molecule has 3 aliphatic rings. The first kappa shape index (κ1) is 17.9. The third kappa shape index (κ3) is 3.03. The van der Waals surface area contributed by atoms with Crippen LogP contribution in [0.1, 0.15) is 38.3 Å². The minimum Gasteiger partial charge on any atom is -0.377 e. The van der Waals surface area contributed by atoms with E-state index in [1.807, 2.05) is 24.4 Å². The lowest BCUT2D eigenvalue weighted by Gasteiger charge is -2.63. The molecule has 132 valence electrons. The van der Waals surface area contributed by atoms with Crippen molar-refractivity contribution in [1.29, 1.82) is 0 Å². The Labute approximate surface area is 161 Å². The number of halogens is 1. The number of rotatable bonds is 4. The topological polar surface area (TPSA) is 58.5 Å². The van der Waals surface area contributed by atoms with Crippen LogP contribution in [0.3, 0.4) is 0 Å². The lowest BCUT2D eigenvalue weighted by Crippen LogP contribution is -2.72. The van der Waals surface area contributed by atoms with Crippen LogP contribution in [0.15, 0.2) is 29.4 Å². The normalized spacial score (nSPS) is 29.9. The van der Waals surface area contributed by atoms with E-state index in [0.717, 1.165) is 24.8 Å². The fraction of sp³-hybridized carbons (Fsp3) is 0.667. The molecule has 0 radical (unpaired) electrons. The molecule has 1 aromatic rings. The summed E-state index contributed by atoms with van der Waals surface area (Å²) >= 11 is 0. The molecular formula is C18H27IN4O. The molecule has 0 aromatic carbocycles. The molecule has 2 saturated carbocycles. The highest BCUT2D eigenvalue weighted by molar-refractivity contribution is 14.0. The summed E-state index contributed by atoms with van der Waals surface area (Å²) in [5.74, 6) is 1.58. The maximum atomic E-state index is 6.00. The Morgan fingerprint density at radius 1 is 1.42 bits per heavy atom. The third-order valence-electron chi connectivity index (χ3n) is 5.80. The highest BCUT2D eigenvalue weighted by atomic mass is 127. The minimum atomic E-state index is 0. The largest absolute Gasteiger partial charge is 0.377 e. The van der Waals surface area contributed by atoms with Crippen molar-refractivity contribution in [2.75, 3.05) is 13.2 Å². The Hall–Kier alpha value is -0.890. The number of ether oxygens (including phenoxy) is 1. The van der Waals surface area contributed by atoms with E-state index in [-0.39, 0.29) is 24.0 Å². The lowest BCUT2D eigenvalue weighted by molar-refractivity contribution is -0.171. The first-order valence-electron chi connectivity index (χ1n) is 8.90. The molecule has 24 heavy (non-hydrogen) atoms. The summed E-state index contributed by atoms with van der Waals surface area (Å²) in [5, 5.41) is 7.11. The van der Waals surface area contributed by atoms with Gasteiger partial charge >= 0.3 is 0 Å². The molecule has 6 heteroatoms. The maximum Gasteiger partial charge on any atom is 0.191 e. The number of fused-ring (bicyclic) bond motifs is 2. The SMILES string of the molecule is CCNC(=NCc1ccccn1)NC1C2CCOC2C12CCC2.I. The molecule has 2 N–H and O–H groups in total. The van der Waals surface area contributed by atoms with Crippen molar-refractivity contribution in [2.45, 2.75) is 51.3 Å². The van der Waals surface area contributed by atoms with E-state index in [1.165, 1.54) is 25.7 Å². The predicted molar refractivity (Wildman–Crippen MR) is 106 cm³/mol. The Morgan fingerprint density at radius 2 is 2.29 bits per heavy atom. The maximum absolute atomic E-state index is 6.00. The second-order valence-corrected chi connectivity index (χ2v) is 6.97. The van der Waals surface area contributed by atoms with Gasteiger partial charge in [-0.3, -0.25) is 4.98 Å². The summed E-state index contributed by atoms with van der Waals surface area (Å²) < 4.78 is 6.00. The number of nitrogens with zero attached hydrogens (tertiary/aromatic N) is 2. The Balaban J connectivity index is 0.00000169. The quantitative estimate of drug-likeness (QED) is 0.428. The molecule has 0 bridgehead atoms. The van der Waals surface area contributed by atoms with Gasteiger partial charge in [-0.15, -0.1) is 24.0 Å². The van der Waals surface area contributed by atoms with Crippen molar-refractivity contribution in [3.63, 3.8) is 0 Å². The van der Waals surface area contributed by atoms with E-state index in [1.54, 1.807) is 0 Å². The van der Waals surface area contributed by atoms with Gasteiger partial charge in [0, 0.05) is 36.7 Å². The van der Waals surface area contributed by atoms with Gasteiger partial charge in [0.15, 0.2) is 5.96 Å². The van der Waals surface area contributed by atoms with Crippen LogP contribution < -0.4 is 10.6 Å². The van der Waals surface area contributed by atoms with Gasteiger partial charge in [0.1, 0.15) is 0 Å². The molecule has 3 unspecified atom stereocenters. The molecule has 4 rings (SSSR count). The fourth-order valence-electron chi connectivity index (χ4n) is 4.57. The van der Waals surface area contributed by atoms with E-state index < -0.39 is 0 Å². The first-order valence-corrected chi connectivity index (χ1v) is 8.90. The van der Waals surface area contributed by atoms with Gasteiger partial charge in [-0.2, -0.15) is 0 Å². The fourth-order valence-corrected chi connectivity index (χ4v) is 4.57. The highest BCUT2D eigenvalue weighted by Crippen LogP contribution is 2.62. The van der Waals surface area contributed by atoms with Crippen LogP contribution in [0.5, 0.6) is 0 Å². The summed E-state index contributed by atoms with van der Waals surface area (Å²) in [6, 6.07) is 6.48. The second-order valence-electron chi connectivity index (χ2n) is 6.97. The number of guanidine groups is 1. The van der Waals surface area contributed by atoms with Gasteiger partial charge < -0.3 is 15.4 Å². The number of hydrogen-bond acceptors (Lipinski definition) is 3. The molecular weight excluding hydrogens is 415 g/mol. The van der Waals surface area contributed by atoms with E-state index in [0.29, 0.717) is 30.0 Å². The third-order valence-corrected chi connectivity index (χ3v) is 5.80. The number of hydrogen-bond donors (Lipinski definition) is 2. The van der Waals surface area contributed by atoms with Gasteiger partial charge in [-0.1, -0.05) is 12.5 Å². The smallest absolute Gasteiger partial charge is 0.191 e. The highest BCUT2D eigenvalue weighted by Gasteiger charge is 2.66. The zero-order valence-electron chi connectivity index (χ0n) is 14.2. The van der Waals surface area contributed by atoms with Crippen LogP contribution in [0.25, 0.3) is 0 Å². The molecule has 3 fully saturated rings. The summed E-state index contributed by atoms with van der Waals surface area (Å²) in [7, 11) is 0. The summed E-state index contributed by atoms with van der Waals surface area (Å²) in [5.41, 5.74) is 1.38. The number of nitrogens with one attached hydrogen (secondary N) is 2. The van der Waals surface area contributed by atoms with Crippen LogP contribution in [-0.4, -0.2) is 36.2 Å². The van der Waals surface area contributed by atoms with Gasteiger partial charge in [0.05, 0.1) is 18.3 Å². The molecule has 3 atom stereocenters. The summed E-state index contributed by atoms with van der Waals surface area (Å²) in [6.45, 7) is 4.52. The Morgan fingerprint density at radius 3 is 2.96 bits per heavy atom. The van der Waals surface area contributed by atoms with Crippen LogP contribution in [0, 0.1) is 11.3 Å². The first-order chi connectivity index (χ1) is 11.3. The number of pyridine rings is 1. The summed E-state index contributed by atoms with van der Waals surface area (Å²) in [6.07, 6.45) is 7.43. The van der Waals surface area contributed by atoms with E-state index >= 15 is 0 Å². The van der Waals surface area contributed by atoms with Crippen molar-refractivity contribution in [3.05, 3.63) is 30.1 Å². The van der Waals surface area contributed by atoms with Gasteiger partial charge in [-0.05, 0) is 38.3 Å². The van der Waals surface area contributed by atoms with Crippen LogP contribution in [0.2, 0.25) is 0 Å². The zero-order valence-corrected chi connectivity index (χ0v) is 16.5. The van der Waals surface area contributed by atoms with Crippen LogP contribution in [0.4, 0.5) is 0 Å². The van der Waals surface area contributed by atoms with Crippen LogP contribution in [-0.2, 0) is 11.3 Å². The average Bonchev–Trinajstić information content (AvgIpc) is 2.94. The molecule has 0 amide bonds. The van der Waals surface area contributed by atoms with E-state index in [9.17, 15) is 0 Å². The molecule has 2 aliphatic carbocycles. The molecule has 1 aliphatic heterocycles.